The van der Waals surface area contributed by atoms with Crippen molar-refractivity contribution in [2.24, 2.45) is 0 Å². The van der Waals surface area contributed by atoms with Crippen molar-refractivity contribution in [2.45, 2.75) is 39.5 Å². The van der Waals surface area contributed by atoms with Gasteiger partial charge in [-0.25, -0.2) is 4.98 Å². The van der Waals surface area contributed by atoms with Gasteiger partial charge in [-0.2, -0.15) is 9.61 Å². The van der Waals surface area contributed by atoms with Crippen molar-refractivity contribution in [3.8, 4) is 0 Å². The maximum Gasteiger partial charge on any atom is 0.256 e. The van der Waals surface area contributed by atoms with E-state index in [9.17, 15) is 9.90 Å². The van der Waals surface area contributed by atoms with Gasteiger partial charge in [-0.1, -0.05) is 12.1 Å². The first-order valence-electron chi connectivity index (χ1n) is 10.4. The van der Waals surface area contributed by atoms with Crippen LogP contribution in [0.5, 0.6) is 0 Å². The van der Waals surface area contributed by atoms with E-state index in [0.29, 0.717) is 23.6 Å². The molecule has 10 heteroatoms. The molecular weight excluding hydrogens is 408 g/mol. The molecule has 4 heterocycles. The van der Waals surface area contributed by atoms with Crippen LogP contribution in [0.15, 0.2) is 42.7 Å². The summed E-state index contributed by atoms with van der Waals surface area (Å²) in [6.45, 7) is 7.44. The van der Waals surface area contributed by atoms with Gasteiger partial charge >= 0.3 is 0 Å². The first-order valence-corrected chi connectivity index (χ1v) is 10.4. The number of hydrogen-bond donors (Lipinski definition) is 2. The van der Waals surface area contributed by atoms with Gasteiger partial charge in [0.05, 0.1) is 17.8 Å². The molecule has 0 saturated heterocycles. The third-order valence-corrected chi connectivity index (χ3v) is 5.59. The molecule has 5 rings (SSSR count). The number of anilines is 2. The number of rotatable bonds is 4. The lowest BCUT2D eigenvalue weighted by molar-refractivity contribution is 0.0785. The van der Waals surface area contributed by atoms with E-state index in [1.807, 2.05) is 23.6 Å². The molecule has 0 spiro atoms. The van der Waals surface area contributed by atoms with Crippen LogP contribution in [-0.4, -0.2) is 46.9 Å². The highest BCUT2D eigenvalue weighted by atomic mass is 16.3. The van der Waals surface area contributed by atoms with Gasteiger partial charge in [0.15, 0.2) is 11.5 Å². The standard InChI is InChI=1S/C22H24N8O2/c1-14-10-18-24-17(25-21(31)15-4-6-16(7-5-15)22(2,3)32)11-20(30(18)27-14)28-8-9-29-13-23-26-19(29)12-28/h4-7,10-11,13,32H,8-9,12H2,1-3H3,(H,24,25,31). The van der Waals surface area contributed by atoms with Crippen LogP contribution in [0, 0.1) is 6.92 Å². The predicted octanol–water partition coefficient (Wildman–Crippen LogP) is 2.13. The van der Waals surface area contributed by atoms with Gasteiger partial charge in [-0.3, -0.25) is 4.79 Å². The van der Waals surface area contributed by atoms with Crippen LogP contribution in [0.2, 0.25) is 0 Å². The van der Waals surface area contributed by atoms with Crippen molar-refractivity contribution in [1.82, 2.24) is 29.4 Å². The summed E-state index contributed by atoms with van der Waals surface area (Å²) >= 11 is 0. The average Bonchev–Trinajstić information content (AvgIpc) is 3.37. The van der Waals surface area contributed by atoms with Gasteiger partial charge in [0, 0.05) is 30.8 Å². The zero-order valence-electron chi connectivity index (χ0n) is 18.1. The second-order valence-corrected chi connectivity index (χ2v) is 8.51. The zero-order valence-corrected chi connectivity index (χ0v) is 18.1. The highest BCUT2D eigenvalue weighted by Crippen LogP contribution is 2.25. The van der Waals surface area contributed by atoms with Gasteiger partial charge in [0.1, 0.15) is 18.0 Å². The molecule has 0 bridgehead atoms. The normalized spacial score (nSPS) is 13.9. The minimum Gasteiger partial charge on any atom is -0.386 e. The SMILES string of the molecule is Cc1cc2nc(NC(=O)c3ccc(C(C)(C)O)cc3)cc(N3CCn4cnnc4C3)n2n1. The summed E-state index contributed by atoms with van der Waals surface area (Å²) < 4.78 is 3.82. The van der Waals surface area contributed by atoms with Crippen molar-refractivity contribution in [3.05, 3.63) is 65.4 Å². The number of carbonyl (C=O) groups excluding carboxylic acids is 1. The fourth-order valence-corrected chi connectivity index (χ4v) is 3.84. The number of aromatic nitrogens is 6. The summed E-state index contributed by atoms with van der Waals surface area (Å²) in [4.78, 5) is 19.6. The minimum absolute atomic E-state index is 0.273. The highest BCUT2D eigenvalue weighted by molar-refractivity contribution is 6.04. The third-order valence-electron chi connectivity index (χ3n) is 5.59. The van der Waals surface area contributed by atoms with E-state index in [1.165, 1.54) is 0 Å². The predicted molar refractivity (Wildman–Crippen MR) is 118 cm³/mol. The molecule has 4 aromatic rings. The molecule has 164 valence electrons. The molecule has 0 aliphatic carbocycles. The number of nitrogens with one attached hydrogen (secondary N) is 1. The number of hydrogen-bond acceptors (Lipinski definition) is 7. The van der Waals surface area contributed by atoms with Gasteiger partial charge in [0.2, 0.25) is 0 Å². The van der Waals surface area contributed by atoms with E-state index in [1.54, 1.807) is 49.0 Å². The lowest BCUT2D eigenvalue weighted by Crippen LogP contribution is -2.35. The van der Waals surface area contributed by atoms with Crippen molar-refractivity contribution in [3.63, 3.8) is 0 Å². The number of amides is 1. The van der Waals surface area contributed by atoms with Crippen molar-refractivity contribution >= 4 is 23.2 Å². The van der Waals surface area contributed by atoms with Gasteiger partial charge in [0.25, 0.3) is 5.91 Å². The Balaban J connectivity index is 1.45. The van der Waals surface area contributed by atoms with Crippen LogP contribution < -0.4 is 10.2 Å². The molecule has 0 unspecified atom stereocenters. The molecular formula is C22H24N8O2. The molecule has 0 atom stereocenters. The van der Waals surface area contributed by atoms with E-state index < -0.39 is 5.60 Å². The lowest BCUT2D eigenvalue weighted by Gasteiger charge is -2.29. The van der Waals surface area contributed by atoms with E-state index in [0.717, 1.165) is 36.0 Å². The quantitative estimate of drug-likeness (QED) is 0.508. The number of benzene rings is 1. The Morgan fingerprint density at radius 2 is 1.94 bits per heavy atom. The first-order chi connectivity index (χ1) is 15.3. The number of fused-ring (bicyclic) bond motifs is 2. The molecule has 0 saturated carbocycles. The largest absolute Gasteiger partial charge is 0.386 e. The smallest absolute Gasteiger partial charge is 0.256 e. The molecule has 3 aromatic heterocycles. The fourth-order valence-electron chi connectivity index (χ4n) is 3.84. The molecule has 10 nitrogen and oxygen atoms in total. The Kier molecular flexibility index (Phi) is 4.66. The fraction of sp³-hybridized carbons (Fsp3) is 0.318. The number of carbonyl (C=O) groups is 1. The number of aryl methyl sites for hydroxylation is 1. The monoisotopic (exact) mass is 432 g/mol. The number of aliphatic hydroxyl groups is 1. The molecule has 1 aliphatic heterocycles. The first kappa shape index (κ1) is 20.1. The van der Waals surface area contributed by atoms with Crippen LogP contribution >= 0.6 is 0 Å². The molecule has 1 amide bonds. The summed E-state index contributed by atoms with van der Waals surface area (Å²) in [6, 6.07) is 10.6. The van der Waals surface area contributed by atoms with Gasteiger partial charge < -0.3 is 19.9 Å². The molecule has 32 heavy (non-hydrogen) atoms. The Hall–Kier alpha value is -3.79. The van der Waals surface area contributed by atoms with Crippen molar-refractivity contribution < 1.29 is 9.90 Å². The average molecular weight is 432 g/mol. The number of nitrogens with zero attached hydrogens (tertiary/aromatic N) is 7. The van der Waals surface area contributed by atoms with Crippen LogP contribution in [-0.2, 0) is 18.7 Å². The summed E-state index contributed by atoms with van der Waals surface area (Å²) in [5, 5.41) is 25.8. The van der Waals surface area contributed by atoms with Crippen LogP contribution in [0.25, 0.3) is 5.65 Å². The van der Waals surface area contributed by atoms with E-state index >= 15 is 0 Å². The van der Waals surface area contributed by atoms with Crippen molar-refractivity contribution in [1.29, 1.82) is 0 Å². The zero-order chi connectivity index (χ0) is 22.5. The topological polar surface area (TPSA) is 113 Å². The lowest BCUT2D eigenvalue weighted by atomic mass is 9.97. The van der Waals surface area contributed by atoms with E-state index in [4.69, 9.17) is 0 Å². The van der Waals surface area contributed by atoms with Gasteiger partial charge in [-0.15, -0.1) is 10.2 Å². The van der Waals surface area contributed by atoms with Crippen LogP contribution in [0.3, 0.4) is 0 Å². The van der Waals surface area contributed by atoms with E-state index in [-0.39, 0.29) is 5.91 Å². The summed E-state index contributed by atoms with van der Waals surface area (Å²) in [5.74, 6) is 1.87. The molecule has 1 aliphatic rings. The molecule has 2 N–H and O–H groups in total. The molecule has 1 aromatic carbocycles. The second-order valence-electron chi connectivity index (χ2n) is 8.51. The van der Waals surface area contributed by atoms with Crippen LogP contribution in [0.4, 0.5) is 11.6 Å². The maximum absolute atomic E-state index is 12.9. The van der Waals surface area contributed by atoms with Gasteiger partial charge in [-0.05, 0) is 38.5 Å². The summed E-state index contributed by atoms with van der Waals surface area (Å²) in [6.07, 6.45) is 1.74. The molecule has 0 radical (unpaired) electrons. The molecule has 0 fully saturated rings. The Labute approximate surface area is 184 Å². The Morgan fingerprint density at radius 3 is 2.69 bits per heavy atom. The Bertz CT molecular complexity index is 1300. The van der Waals surface area contributed by atoms with E-state index in [2.05, 4.69) is 30.5 Å². The van der Waals surface area contributed by atoms with Crippen molar-refractivity contribution in [2.75, 3.05) is 16.8 Å². The third kappa shape index (κ3) is 3.69. The summed E-state index contributed by atoms with van der Waals surface area (Å²) in [5.41, 5.74) is 1.75. The Morgan fingerprint density at radius 1 is 1.16 bits per heavy atom. The summed E-state index contributed by atoms with van der Waals surface area (Å²) in [7, 11) is 0. The highest BCUT2D eigenvalue weighted by Gasteiger charge is 2.22. The minimum atomic E-state index is -0.963. The second kappa shape index (κ2) is 7.41. The maximum atomic E-state index is 12.9. The van der Waals surface area contributed by atoms with Crippen LogP contribution in [0.1, 0.15) is 41.3 Å².